The number of ether oxygens (including phenoxy) is 1. The predicted octanol–water partition coefficient (Wildman–Crippen LogP) is 5.05. The number of carbonyl (C=O) groups is 2. The number of amides is 1. The van der Waals surface area contributed by atoms with Crippen molar-refractivity contribution < 1.29 is 19.4 Å². The van der Waals surface area contributed by atoms with Crippen LogP contribution in [0.2, 0.25) is 5.02 Å². The number of aryl methyl sites for hydroxylation is 2. The summed E-state index contributed by atoms with van der Waals surface area (Å²) in [6.07, 6.45) is 0. The Labute approximate surface area is 188 Å². The number of carbonyl (C=O) groups excluding carboxylic acids is 2. The first kappa shape index (κ1) is 21.1. The topological polar surface area (TPSA) is 79.7 Å². The summed E-state index contributed by atoms with van der Waals surface area (Å²) in [7, 11) is 1.54. The van der Waals surface area contributed by atoms with E-state index in [-0.39, 0.29) is 11.3 Å². The number of nitrogens with zero attached hydrogens (tertiary/aromatic N) is 2. The van der Waals surface area contributed by atoms with Crippen molar-refractivity contribution in [1.29, 1.82) is 0 Å². The molecule has 1 fully saturated rings. The van der Waals surface area contributed by atoms with Crippen LogP contribution in [-0.4, -0.2) is 28.9 Å². The maximum Gasteiger partial charge on any atom is 0.301 e. The molecule has 1 aliphatic heterocycles. The molecule has 1 atom stereocenters. The third kappa shape index (κ3) is 3.71. The van der Waals surface area contributed by atoms with E-state index in [4.69, 9.17) is 16.3 Å². The van der Waals surface area contributed by atoms with E-state index in [9.17, 15) is 14.7 Å². The number of Topliss-reactive ketones (excluding diaryl/α,β-unsaturated/α-hetero) is 1. The molecule has 4 rings (SSSR count). The van der Waals surface area contributed by atoms with Gasteiger partial charge in [0.15, 0.2) is 5.13 Å². The Morgan fingerprint density at radius 1 is 1.16 bits per heavy atom. The van der Waals surface area contributed by atoms with Crippen molar-refractivity contribution in [3.63, 3.8) is 0 Å². The van der Waals surface area contributed by atoms with E-state index in [2.05, 4.69) is 4.98 Å². The number of ketones is 1. The number of methoxy groups -OCH3 is 1. The SMILES string of the molecule is COc1cccc([C@@H]2/C(=C(\O)c3ccc(Cl)cc3)C(=O)C(=O)N2c2nc(C)c(C)s2)c1. The number of aromatic nitrogens is 1. The summed E-state index contributed by atoms with van der Waals surface area (Å²) in [5.74, 6) is -1.21. The molecule has 1 aromatic heterocycles. The normalized spacial score (nSPS) is 17.9. The molecule has 0 radical (unpaired) electrons. The number of aliphatic hydroxyl groups excluding tert-OH is 1. The minimum atomic E-state index is -0.851. The number of hydrogen-bond acceptors (Lipinski definition) is 6. The summed E-state index contributed by atoms with van der Waals surface area (Å²) in [6, 6.07) is 12.6. The summed E-state index contributed by atoms with van der Waals surface area (Å²) in [6.45, 7) is 3.75. The summed E-state index contributed by atoms with van der Waals surface area (Å²) >= 11 is 7.28. The Kier molecular flexibility index (Phi) is 5.56. The van der Waals surface area contributed by atoms with Gasteiger partial charge >= 0.3 is 5.91 Å². The Bertz CT molecular complexity index is 1200. The number of halogens is 1. The van der Waals surface area contributed by atoms with Gasteiger partial charge in [0.2, 0.25) is 0 Å². The molecular weight excluding hydrogens is 436 g/mol. The standard InChI is InChI=1S/C23H19ClN2O4S/c1-12-13(2)31-23(25-12)26-19(15-5-4-6-17(11-15)30-3)18(21(28)22(26)29)20(27)14-7-9-16(24)10-8-14/h4-11,19,27H,1-3H3/b20-18+/t19-/m1/s1. The van der Waals surface area contributed by atoms with Crippen molar-refractivity contribution in [3.8, 4) is 5.75 Å². The quantitative estimate of drug-likeness (QED) is 0.339. The molecule has 0 unspecified atom stereocenters. The molecule has 0 bridgehead atoms. The van der Waals surface area contributed by atoms with Crippen molar-refractivity contribution in [1.82, 2.24) is 4.98 Å². The van der Waals surface area contributed by atoms with Crippen LogP contribution in [0.15, 0.2) is 54.1 Å². The first-order chi connectivity index (χ1) is 14.8. The van der Waals surface area contributed by atoms with E-state index in [0.717, 1.165) is 10.6 Å². The zero-order valence-electron chi connectivity index (χ0n) is 17.0. The lowest BCUT2D eigenvalue weighted by Crippen LogP contribution is -2.29. The van der Waals surface area contributed by atoms with Gasteiger partial charge in [-0.1, -0.05) is 23.7 Å². The second kappa shape index (κ2) is 8.17. The molecule has 1 saturated heterocycles. The molecule has 1 amide bonds. The van der Waals surface area contributed by atoms with Gasteiger partial charge < -0.3 is 9.84 Å². The van der Waals surface area contributed by atoms with Gasteiger partial charge in [-0.3, -0.25) is 14.5 Å². The monoisotopic (exact) mass is 454 g/mol. The number of hydrogen-bond donors (Lipinski definition) is 1. The smallest absolute Gasteiger partial charge is 0.301 e. The first-order valence-corrected chi connectivity index (χ1v) is 10.7. The van der Waals surface area contributed by atoms with Crippen LogP contribution in [0.25, 0.3) is 5.76 Å². The van der Waals surface area contributed by atoms with E-state index in [1.54, 1.807) is 48.5 Å². The van der Waals surface area contributed by atoms with E-state index >= 15 is 0 Å². The van der Waals surface area contributed by atoms with E-state index in [1.165, 1.54) is 23.3 Å². The predicted molar refractivity (Wildman–Crippen MR) is 121 cm³/mol. The molecule has 1 aliphatic rings. The molecule has 8 heteroatoms. The average molecular weight is 455 g/mol. The highest BCUT2D eigenvalue weighted by Gasteiger charge is 2.48. The number of thiazole rings is 1. The first-order valence-electron chi connectivity index (χ1n) is 9.46. The Hall–Kier alpha value is -3.16. The fourth-order valence-electron chi connectivity index (χ4n) is 3.48. The number of aliphatic hydroxyl groups is 1. The summed E-state index contributed by atoms with van der Waals surface area (Å²) in [4.78, 5) is 33.0. The second-order valence-electron chi connectivity index (χ2n) is 7.09. The van der Waals surface area contributed by atoms with Crippen LogP contribution in [-0.2, 0) is 9.59 Å². The molecule has 2 heterocycles. The van der Waals surface area contributed by atoms with E-state index < -0.39 is 17.7 Å². The number of rotatable bonds is 4. The Balaban J connectivity index is 1.96. The van der Waals surface area contributed by atoms with Gasteiger partial charge in [0.1, 0.15) is 11.5 Å². The number of benzene rings is 2. The van der Waals surface area contributed by atoms with Gasteiger partial charge in [0, 0.05) is 15.5 Å². The van der Waals surface area contributed by atoms with Crippen LogP contribution in [0, 0.1) is 13.8 Å². The van der Waals surface area contributed by atoms with Crippen LogP contribution >= 0.6 is 22.9 Å². The fraction of sp³-hybridized carbons (Fsp3) is 0.174. The largest absolute Gasteiger partial charge is 0.507 e. The summed E-state index contributed by atoms with van der Waals surface area (Å²) < 4.78 is 5.33. The molecule has 31 heavy (non-hydrogen) atoms. The summed E-state index contributed by atoms with van der Waals surface area (Å²) in [5, 5.41) is 12.0. The number of anilines is 1. The molecule has 0 aliphatic carbocycles. The highest BCUT2D eigenvalue weighted by atomic mass is 35.5. The lowest BCUT2D eigenvalue weighted by Gasteiger charge is -2.23. The van der Waals surface area contributed by atoms with Crippen molar-refractivity contribution in [3.05, 3.63) is 80.8 Å². The van der Waals surface area contributed by atoms with Crippen molar-refractivity contribution in [2.45, 2.75) is 19.9 Å². The maximum atomic E-state index is 13.1. The van der Waals surface area contributed by atoms with Gasteiger partial charge in [0.25, 0.3) is 5.78 Å². The van der Waals surface area contributed by atoms with Crippen LogP contribution in [0.1, 0.15) is 27.7 Å². The molecule has 3 aromatic rings. The van der Waals surface area contributed by atoms with Gasteiger partial charge in [0.05, 0.1) is 24.4 Å². The maximum absolute atomic E-state index is 13.1. The van der Waals surface area contributed by atoms with Crippen LogP contribution in [0.5, 0.6) is 5.75 Å². The van der Waals surface area contributed by atoms with Crippen LogP contribution < -0.4 is 9.64 Å². The minimum Gasteiger partial charge on any atom is -0.507 e. The van der Waals surface area contributed by atoms with E-state index in [1.807, 2.05) is 13.8 Å². The Morgan fingerprint density at radius 2 is 1.87 bits per heavy atom. The Morgan fingerprint density at radius 3 is 2.48 bits per heavy atom. The summed E-state index contributed by atoms with van der Waals surface area (Å²) in [5.41, 5.74) is 1.79. The van der Waals surface area contributed by atoms with Crippen molar-refractivity contribution in [2.75, 3.05) is 12.0 Å². The van der Waals surface area contributed by atoms with Gasteiger partial charge in [-0.2, -0.15) is 0 Å². The van der Waals surface area contributed by atoms with E-state index in [0.29, 0.717) is 27.0 Å². The molecule has 2 aromatic carbocycles. The fourth-order valence-corrected chi connectivity index (χ4v) is 4.54. The lowest BCUT2D eigenvalue weighted by atomic mass is 9.95. The van der Waals surface area contributed by atoms with Crippen LogP contribution in [0.4, 0.5) is 5.13 Å². The van der Waals surface area contributed by atoms with Crippen molar-refractivity contribution >= 4 is 45.5 Å². The third-order valence-corrected chi connectivity index (χ3v) is 6.52. The van der Waals surface area contributed by atoms with Gasteiger partial charge in [-0.05, 0) is 55.8 Å². The van der Waals surface area contributed by atoms with Gasteiger partial charge in [-0.25, -0.2) is 4.98 Å². The van der Waals surface area contributed by atoms with Crippen molar-refractivity contribution in [2.24, 2.45) is 0 Å². The highest BCUT2D eigenvalue weighted by molar-refractivity contribution is 7.16. The third-order valence-electron chi connectivity index (χ3n) is 5.19. The minimum absolute atomic E-state index is 0.00826. The molecule has 0 spiro atoms. The molecular formula is C23H19ClN2O4S. The molecule has 6 nitrogen and oxygen atoms in total. The zero-order chi connectivity index (χ0) is 22.3. The lowest BCUT2D eigenvalue weighted by molar-refractivity contribution is -0.132. The zero-order valence-corrected chi connectivity index (χ0v) is 18.6. The van der Waals surface area contributed by atoms with Gasteiger partial charge in [-0.15, -0.1) is 11.3 Å². The molecule has 0 saturated carbocycles. The highest BCUT2D eigenvalue weighted by Crippen LogP contribution is 2.44. The molecule has 1 N–H and O–H groups in total. The van der Waals surface area contributed by atoms with Crippen LogP contribution in [0.3, 0.4) is 0 Å². The average Bonchev–Trinajstić information content (AvgIpc) is 3.23. The molecule has 158 valence electrons. The second-order valence-corrected chi connectivity index (χ2v) is 8.71.